The Morgan fingerprint density at radius 2 is 1.46 bits per heavy atom. The molecule has 7 nitrogen and oxygen atoms in total. The van der Waals surface area contributed by atoms with E-state index in [4.69, 9.17) is 30.4 Å². The fraction of sp³-hybridized carbons (Fsp3) is 0.793. The Hall–Kier alpha value is -0.279. The van der Waals surface area contributed by atoms with Crippen LogP contribution in [0.4, 0.5) is 5.82 Å². The average Bonchev–Trinajstić information content (AvgIpc) is 3.30. The Bertz CT molecular complexity index is 1170. The summed E-state index contributed by atoms with van der Waals surface area (Å²) in [4.78, 5) is 8.64. The van der Waals surface area contributed by atoms with Gasteiger partial charge in [-0.05, 0) is 57.2 Å². The number of ether oxygens (including phenoxy) is 1. The van der Waals surface area contributed by atoms with Crippen LogP contribution in [0, 0.1) is 0 Å². The highest BCUT2D eigenvalue weighted by molar-refractivity contribution is 9.10. The Morgan fingerprint density at radius 1 is 0.951 bits per heavy atom. The third kappa shape index (κ3) is 8.89. The molecule has 0 amide bonds. The Kier molecular flexibility index (Phi) is 11.4. The number of anilines is 1. The highest BCUT2D eigenvalue weighted by Crippen LogP contribution is 2.44. The van der Waals surface area contributed by atoms with Crippen molar-refractivity contribution in [2.45, 2.75) is 142 Å². The minimum atomic E-state index is -2.00. The maximum absolute atomic E-state index is 6.89. The largest absolute Gasteiger partial charge is 0.414 e. The number of nitrogens with two attached hydrogens (primary N) is 1. The highest BCUT2D eigenvalue weighted by Gasteiger charge is 2.47. The standard InChI is InChI=1S/C23H41BrN4O3Si2.C6H15ClSi/c1-22(2,3)32(7,8)29-13-17-16(31-33(9,10)23(4,5)6)11-18(30-17)28-12-15(24)19-20(25)26-14-27-21(19)28;1-6(2,3)8(4,5)7/h12,14,16-18H,11,13H2,1-10H3,(H2,25,26,27);1-5H3/t16-,17+,18+;/m0./s1. The minimum Gasteiger partial charge on any atom is -0.414 e. The predicted octanol–water partition coefficient (Wildman–Crippen LogP) is 9.71. The minimum absolute atomic E-state index is 0.0453. The van der Waals surface area contributed by atoms with Crippen molar-refractivity contribution in [3.8, 4) is 0 Å². The number of fused-ring (bicyclic) bond motifs is 1. The molecule has 1 saturated heterocycles. The summed E-state index contributed by atoms with van der Waals surface area (Å²) in [6, 6.07) is 0. The lowest BCUT2D eigenvalue weighted by atomic mass is 10.2. The smallest absolute Gasteiger partial charge is 0.192 e. The summed E-state index contributed by atoms with van der Waals surface area (Å²) >= 11 is 9.77. The van der Waals surface area contributed by atoms with E-state index in [0.29, 0.717) is 17.5 Å². The van der Waals surface area contributed by atoms with E-state index in [1.165, 1.54) is 6.33 Å². The van der Waals surface area contributed by atoms with Gasteiger partial charge in [-0.15, -0.1) is 0 Å². The van der Waals surface area contributed by atoms with Gasteiger partial charge >= 0.3 is 0 Å². The molecule has 3 atom stereocenters. The van der Waals surface area contributed by atoms with Crippen molar-refractivity contribution in [1.29, 1.82) is 0 Å². The molecule has 2 aromatic rings. The molecule has 3 rings (SSSR count). The molecule has 3 heterocycles. The third-order valence-electron chi connectivity index (χ3n) is 9.53. The number of halogens is 2. The molecular weight excluding hydrogens is 652 g/mol. The molecule has 236 valence electrons. The van der Waals surface area contributed by atoms with Gasteiger partial charge in [-0.1, -0.05) is 75.4 Å². The summed E-state index contributed by atoms with van der Waals surface area (Å²) in [5.41, 5.74) is 6.88. The number of hydrogen-bond donors (Lipinski definition) is 1. The number of nitrogens with zero attached hydrogens (tertiary/aromatic N) is 3. The summed E-state index contributed by atoms with van der Waals surface area (Å²) in [5.74, 6) is 0.454. The van der Waals surface area contributed by atoms with E-state index >= 15 is 0 Å². The fourth-order valence-electron chi connectivity index (χ4n) is 3.49. The first-order chi connectivity index (χ1) is 18.2. The van der Waals surface area contributed by atoms with Gasteiger partial charge in [-0.3, -0.25) is 0 Å². The second kappa shape index (κ2) is 12.6. The molecule has 0 unspecified atom stereocenters. The van der Waals surface area contributed by atoms with Crippen LogP contribution in [-0.4, -0.2) is 57.4 Å². The van der Waals surface area contributed by atoms with Crippen LogP contribution < -0.4 is 5.73 Å². The molecule has 0 aromatic carbocycles. The molecule has 1 fully saturated rings. The summed E-state index contributed by atoms with van der Waals surface area (Å²) in [7, 11) is -5.31. The topological polar surface area (TPSA) is 84.4 Å². The van der Waals surface area contributed by atoms with Crippen LogP contribution in [0.2, 0.25) is 54.4 Å². The third-order valence-corrected chi connectivity index (χ3v) is 24.4. The molecule has 2 N–H and O–H groups in total. The van der Waals surface area contributed by atoms with E-state index in [9.17, 15) is 0 Å². The van der Waals surface area contributed by atoms with Crippen molar-refractivity contribution < 1.29 is 13.6 Å². The van der Waals surface area contributed by atoms with Crippen molar-refractivity contribution in [2.24, 2.45) is 0 Å². The first-order valence-electron chi connectivity index (χ1n) is 14.6. The van der Waals surface area contributed by atoms with Gasteiger partial charge in [0.2, 0.25) is 0 Å². The highest BCUT2D eigenvalue weighted by atomic mass is 79.9. The van der Waals surface area contributed by atoms with Gasteiger partial charge in [0.15, 0.2) is 24.0 Å². The van der Waals surface area contributed by atoms with Crippen LogP contribution in [0.25, 0.3) is 11.0 Å². The predicted molar refractivity (Wildman–Crippen MR) is 186 cm³/mol. The van der Waals surface area contributed by atoms with Crippen molar-refractivity contribution in [2.75, 3.05) is 12.3 Å². The van der Waals surface area contributed by atoms with Crippen molar-refractivity contribution in [1.82, 2.24) is 14.5 Å². The maximum Gasteiger partial charge on any atom is 0.192 e. The molecule has 1 aliphatic rings. The lowest BCUT2D eigenvalue weighted by Gasteiger charge is -2.40. The van der Waals surface area contributed by atoms with Crippen LogP contribution in [0.3, 0.4) is 0 Å². The van der Waals surface area contributed by atoms with Gasteiger partial charge in [0.25, 0.3) is 0 Å². The van der Waals surface area contributed by atoms with Crippen molar-refractivity contribution in [3.05, 3.63) is 17.0 Å². The normalized spacial score (nSPS) is 21.2. The maximum atomic E-state index is 6.89. The number of rotatable bonds is 6. The van der Waals surface area contributed by atoms with Crippen LogP contribution in [-0.2, 0) is 13.6 Å². The van der Waals surface area contributed by atoms with Crippen LogP contribution >= 0.6 is 27.0 Å². The van der Waals surface area contributed by atoms with Crippen molar-refractivity contribution in [3.63, 3.8) is 0 Å². The van der Waals surface area contributed by atoms with E-state index in [2.05, 4.69) is 127 Å². The molecule has 41 heavy (non-hydrogen) atoms. The Balaban J connectivity index is 0.000000642. The molecule has 0 saturated carbocycles. The fourth-order valence-corrected chi connectivity index (χ4v) is 6.46. The molecule has 2 aromatic heterocycles. The monoisotopic (exact) mass is 706 g/mol. The van der Waals surface area contributed by atoms with Gasteiger partial charge in [0.1, 0.15) is 30.1 Å². The molecule has 0 bridgehead atoms. The van der Waals surface area contributed by atoms with Gasteiger partial charge < -0.3 is 23.9 Å². The SMILES string of the molecule is CC(C)(C)[Si](C)(C)Cl.CC(C)(C)[Si](C)(C)OC[C@H]1O[C@@H](n2cc(Br)c3c(N)ncnc32)C[C@@H]1O[Si](C)(C)C(C)(C)C. The van der Waals surface area contributed by atoms with Crippen LogP contribution in [0.1, 0.15) is 75.0 Å². The van der Waals surface area contributed by atoms with Gasteiger partial charge in [0.05, 0.1) is 18.1 Å². The zero-order chi connectivity index (χ0) is 32.0. The van der Waals surface area contributed by atoms with Gasteiger partial charge in [-0.25, -0.2) is 9.97 Å². The van der Waals surface area contributed by atoms with E-state index in [0.717, 1.165) is 21.9 Å². The van der Waals surface area contributed by atoms with Gasteiger partial charge in [-0.2, -0.15) is 11.1 Å². The lowest BCUT2D eigenvalue weighted by molar-refractivity contribution is -0.0382. The first-order valence-corrected chi connectivity index (χ1v) is 25.2. The van der Waals surface area contributed by atoms with E-state index in [1.54, 1.807) is 0 Å². The second-order valence-electron chi connectivity index (χ2n) is 15.9. The number of hydrogen-bond acceptors (Lipinski definition) is 6. The quantitative estimate of drug-likeness (QED) is 0.238. The van der Waals surface area contributed by atoms with Crippen LogP contribution in [0.5, 0.6) is 0 Å². The van der Waals surface area contributed by atoms with Gasteiger partial charge in [0, 0.05) is 17.1 Å². The molecular formula is C29H56BrClN4O3Si3. The molecule has 0 radical (unpaired) electrons. The second-order valence-corrected chi connectivity index (χ2v) is 33.6. The Labute approximate surface area is 265 Å². The van der Waals surface area contributed by atoms with E-state index < -0.39 is 24.0 Å². The summed E-state index contributed by atoms with van der Waals surface area (Å²) in [5, 5.41) is 1.40. The number of nitrogen functional groups attached to an aromatic ring is 1. The number of aromatic nitrogens is 3. The molecule has 0 spiro atoms. The zero-order valence-corrected chi connectivity index (χ0v) is 33.5. The van der Waals surface area contributed by atoms with E-state index in [-0.39, 0.29) is 28.5 Å². The summed E-state index contributed by atoms with van der Waals surface area (Å²) in [6.45, 7) is 34.2. The summed E-state index contributed by atoms with van der Waals surface area (Å²) < 4.78 is 23.0. The Morgan fingerprint density at radius 3 is 1.93 bits per heavy atom. The van der Waals surface area contributed by atoms with Crippen LogP contribution in [0.15, 0.2) is 17.0 Å². The molecule has 1 aliphatic heterocycles. The average molecular weight is 708 g/mol. The van der Waals surface area contributed by atoms with E-state index in [1.807, 2.05) is 10.8 Å². The zero-order valence-electron chi connectivity index (χ0n) is 28.2. The lowest BCUT2D eigenvalue weighted by Crippen LogP contribution is -2.48. The van der Waals surface area contributed by atoms with Crippen molar-refractivity contribution >= 4 is 67.9 Å². The molecule has 12 heteroatoms. The first kappa shape index (κ1) is 36.9. The summed E-state index contributed by atoms with van der Waals surface area (Å²) in [6.07, 6.45) is 3.82. The molecule has 0 aliphatic carbocycles.